The molecule has 0 aliphatic rings. The minimum atomic E-state index is -0.595. The van der Waals surface area contributed by atoms with Gasteiger partial charge in [0, 0.05) is 11.3 Å². The Balaban J connectivity index is 2.70. The summed E-state index contributed by atoms with van der Waals surface area (Å²) >= 11 is 0. The molecular formula is C14H14N2O2. The van der Waals surface area contributed by atoms with Crippen molar-refractivity contribution in [3.8, 4) is 16.9 Å². The maximum atomic E-state index is 11.4. The number of anilines is 1. The van der Waals surface area contributed by atoms with Crippen LogP contribution in [0.2, 0.25) is 0 Å². The Bertz CT molecular complexity index is 580. The van der Waals surface area contributed by atoms with Gasteiger partial charge >= 0.3 is 0 Å². The SMILES string of the molecule is COc1c(-c2ccccc2)ccc(N)c1C(N)=O. The van der Waals surface area contributed by atoms with Crippen molar-refractivity contribution >= 4 is 11.6 Å². The molecule has 4 heteroatoms. The highest BCUT2D eigenvalue weighted by molar-refractivity contribution is 6.03. The summed E-state index contributed by atoms with van der Waals surface area (Å²) in [5.74, 6) is -0.184. The number of hydrogen-bond acceptors (Lipinski definition) is 3. The molecule has 0 unspecified atom stereocenters. The third-order valence-electron chi connectivity index (χ3n) is 2.73. The molecule has 0 fully saturated rings. The van der Waals surface area contributed by atoms with E-state index in [0.29, 0.717) is 11.4 Å². The van der Waals surface area contributed by atoms with Gasteiger partial charge in [-0.25, -0.2) is 0 Å². The predicted octanol–water partition coefficient (Wildman–Crippen LogP) is 2.04. The lowest BCUT2D eigenvalue weighted by Gasteiger charge is -2.13. The lowest BCUT2D eigenvalue weighted by molar-refractivity contribution is 0.0998. The van der Waals surface area contributed by atoms with Crippen LogP contribution in [0.1, 0.15) is 10.4 Å². The summed E-state index contributed by atoms with van der Waals surface area (Å²) in [5, 5.41) is 0. The number of benzene rings is 2. The fourth-order valence-corrected chi connectivity index (χ4v) is 1.91. The first-order chi connectivity index (χ1) is 8.65. The molecular weight excluding hydrogens is 228 g/mol. The molecule has 1 amide bonds. The average Bonchev–Trinajstić information content (AvgIpc) is 2.38. The molecule has 0 bridgehead atoms. The Morgan fingerprint density at radius 1 is 1.11 bits per heavy atom. The van der Waals surface area contributed by atoms with Crippen LogP contribution >= 0.6 is 0 Å². The summed E-state index contributed by atoms with van der Waals surface area (Å²) in [6.07, 6.45) is 0. The van der Waals surface area contributed by atoms with Crippen LogP contribution in [-0.2, 0) is 0 Å². The Morgan fingerprint density at radius 2 is 1.78 bits per heavy atom. The number of rotatable bonds is 3. The van der Waals surface area contributed by atoms with Gasteiger partial charge in [-0.3, -0.25) is 4.79 Å². The van der Waals surface area contributed by atoms with Crippen LogP contribution in [0.4, 0.5) is 5.69 Å². The summed E-state index contributed by atoms with van der Waals surface area (Å²) in [7, 11) is 1.49. The van der Waals surface area contributed by atoms with Gasteiger partial charge in [-0.2, -0.15) is 0 Å². The highest BCUT2D eigenvalue weighted by Crippen LogP contribution is 2.35. The lowest BCUT2D eigenvalue weighted by atomic mass is 10.00. The third-order valence-corrected chi connectivity index (χ3v) is 2.73. The standard InChI is InChI=1S/C14H14N2O2/c1-18-13-10(9-5-3-2-4-6-9)7-8-11(15)12(13)14(16)17/h2-8H,15H2,1H3,(H2,16,17). The van der Waals surface area contributed by atoms with E-state index in [9.17, 15) is 4.79 Å². The molecule has 0 aliphatic heterocycles. The van der Waals surface area contributed by atoms with Gasteiger partial charge in [0.25, 0.3) is 5.91 Å². The second kappa shape index (κ2) is 4.79. The van der Waals surface area contributed by atoms with E-state index in [2.05, 4.69) is 0 Å². The molecule has 2 aromatic rings. The molecule has 0 aliphatic carbocycles. The molecule has 4 nitrogen and oxygen atoms in total. The van der Waals surface area contributed by atoms with Crippen molar-refractivity contribution in [2.24, 2.45) is 5.73 Å². The number of carbonyl (C=O) groups is 1. The molecule has 0 saturated heterocycles. The monoisotopic (exact) mass is 242 g/mol. The topological polar surface area (TPSA) is 78.3 Å². The number of methoxy groups -OCH3 is 1. The average molecular weight is 242 g/mol. The molecule has 2 rings (SSSR count). The van der Waals surface area contributed by atoms with E-state index in [4.69, 9.17) is 16.2 Å². The summed E-state index contributed by atoms with van der Waals surface area (Å²) in [5.41, 5.74) is 13.4. The van der Waals surface area contributed by atoms with Crippen molar-refractivity contribution in [2.75, 3.05) is 12.8 Å². The predicted molar refractivity (Wildman–Crippen MR) is 71.4 cm³/mol. The molecule has 0 saturated carbocycles. The van der Waals surface area contributed by atoms with Crippen molar-refractivity contribution in [1.82, 2.24) is 0 Å². The molecule has 2 aromatic carbocycles. The molecule has 18 heavy (non-hydrogen) atoms. The van der Waals surface area contributed by atoms with Crippen molar-refractivity contribution in [1.29, 1.82) is 0 Å². The lowest BCUT2D eigenvalue weighted by Crippen LogP contribution is -2.15. The van der Waals surface area contributed by atoms with Crippen LogP contribution < -0.4 is 16.2 Å². The Labute approximate surface area is 105 Å². The van der Waals surface area contributed by atoms with Gasteiger partial charge in [-0.15, -0.1) is 0 Å². The van der Waals surface area contributed by atoms with E-state index < -0.39 is 5.91 Å². The minimum absolute atomic E-state index is 0.221. The van der Waals surface area contributed by atoms with E-state index in [-0.39, 0.29) is 5.56 Å². The second-order valence-electron chi connectivity index (χ2n) is 3.84. The van der Waals surface area contributed by atoms with Crippen LogP contribution in [0.5, 0.6) is 5.75 Å². The van der Waals surface area contributed by atoms with E-state index in [1.54, 1.807) is 6.07 Å². The van der Waals surface area contributed by atoms with Gasteiger partial charge in [0.05, 0.1) is 7.11 Å². The zero-order valence-corrected chi connectivity index (χ0v) is 10.0. The van der Waals surface area contributed by atoms with Crippen LogP contribution in [-0.4, -0.2) is 13.0 Å². The number of nitrogen functional groups attached to an aromatic ring is 1. The fraction of sp³-hybridized carbons (Fsp3) is 0.0714. The Hall–Kier alpha value is -2.49. The second-order valence-corrected chi connectivity index (χ2v) is 3.84. The summed E-state index contributed by atoms with van der Waals surface area (Å²) < 4.78 is 5.29. The van der Waals surface area contributed by atoms with Crippen LogP contribution in [0, 0.1) is 0 Å². The molecule has 0 radical (unpaired) electrons. The zero-order chi connectivity index (χ0) is 13.1. The van der Waals surface area contributed by atoms with Crippen molar-refractivity contribution in [3.05, 3.63) is 48.0 Å². The normalized spacial score (nSPS) is 10.1. The summed E-state index contributed by atoms with van der Waals surface area (Å²) in [6.45, 7) is 0. The largest absolute Gasteiger partial charge is 0.495 e. The molecule has 0 aromatic heterocycles. The quantitative estimate of drug-likeness (QED) is 0.808. The van der Waals surface area contributed by atoms with E-state index >= 15 is 0 Å². The summed E-state index contributed by atoms with van der Waals surface area (Å²) in [6, 6.07) is 13.1. The number of nitrogens with two attached hydrogens (primary N) is 2. The van der Waals surface area contributed by atoms with E-state index in [0.717, 1.165) is 11.1 Å². The van der Waals surface area contributed by atoms with Gasteiger partial charge in [0.15, 0.2) is 0 Å². The first-order valence-electron chi connectivity index (χ1n) is 5.47. The van der Waals surface area contributed by atoms with Gasteiger partial charge in [0.2, 0.25) is 0 Å². The fourth-order valence-electron chi connectivity index (χ4n) is 1.91. The summed E-state index contributed by atoms with van der Waals surface area (Å²) in [4.78, 5) is 11.4. The molecule has 0 spiro atoms. The van der Waals surface area contributed by atoms with Gasteiger partial charge < -0.3 is 16.2 Å². The van der Waals surface area contributed by atoms with Crippen molar-refractivity contribution in [3.63, 3.8) is 0 Å². The number of hydrogen-bond donors (Lipinski definition) is 2. The maximum Gasteiger partial charge on any atom is 0.254 e. The van der Waals surface area contributed by atoms with Crippen LogP contribution in [0.15, 0.2) is 42.5 Å². The number of carbonyl (C=O) groups excluding carboxylic acids is 1. The highest BCUT2D eigenvalue weighted by atomic mass is 16.5. The molecule has 0 heterocycles. The molecule has 0 atom stereocenters. The zero-order valence-electron chi connectivity index (χ0n) is 10.0. The van der Waals surface area contributed by atoms with Gasteiger partial charge in [-0.1, -0.05) is 30.3 Å². The molecule has 4 N–H and O–H groups in total. The van der Waals surface area contributed by atoms with Crippen molar-refractivity contribution < 1.29 is 9.53 Å². The number of ether oxygens (including phenoxy) is 1. The Kier molecular flexibility index (Phi) is 3.19. The first kappa shape index (κ1) is 12.0. The maximum absolute atomic E-state index is 11.4. The van der Waals surface area contributed by atoms with E-state index in [1.807, 2.05) is 36.4 Å². The van der Waals surface area contributed by atoms with Crippen LogP contribution in [0.25, 0.3) is 11.1 Å². The third kappa shape index (κ3) is 2.00. The molecule has 92 valence electrons. The number of amides is 1. The first-order valence-corrected chi connectivity index (χ1v) is 5.47. The van der Waals surface area contributed by atoms with Crippen molar-refractivity contribution in [2.45, 2.75) is 0 Å². The highest BCUT2D eigenvalue weighted by Gasteiger charge is 2.17. The Morgan fingerprint density at radius 3 is 2.33 bits per heavy atom. The smallest absolute Gasteiger partial charge is 0.254 e. The van der Waals surface area contributed by atoms with Gasteiger partial charge in [0.1, 0.15) is 11.3 Å². The number of primary amides is 1. The van der Waals surface area contributed by atoms with Gasteiger partial charge in [-0.05, 0) is 17.7 Å². The minimum Gasteiger partial charge on any atom is -0.495 e. The van der Waals surface area contributed by atoms with Crippen LogP contribution in [0.3, 0.4) is 0 Å². The van der Waals surface area contributed by atoms with E-state index in [1.165, 1.54) is 7.11 Å².